The third-order valence-corrected chi connectivity index (χ3v) is 3.88. The zero-order valence-corrected chi connectivity index (χ0v) is 14.5. The Morgan fingerprint density at radius 2 is 2.26 bits per heavy atom. The van der Waals surface area contributed by atoms with Gasteiger partial charge in [-0.1, -0.05) is 12.6 Å². The SMILES string of the molecule is C=CC(=O)Nc1cccc(Oc2cnc3[nH]cc(-c4cnn(C)c4)c3n2)c1. The van der Waals surface area contributed by atoms with E-state index in [9.17, 15) is 4.79 Å². The Balaban J connectivity index is 1.64. The Morgan fingerprint density at radius 3 is 3.04 bits per heavy atom. The van der Waals surface area contributed by atoms with Crippen molar-refractivity contribution >= 4 is 22.8 Å². The highest BCUT2D eigenvalue weighted by Gasteiger charge is 2.12. The summed E-state index contributed by atoms with van der Waals surface area (Å²) in [5, 5.41) is 6.88. The fourth-order valence-electron chi connectivity index (χ4n) is 2.66. The molecule has 1 aromatic carbocycles. The van der Waals surface area contributed by atoms with E-state index < -0.39 is 0 Å². The minimum absolute atomic E-state index is 0.290. The van der Waals surface area contributed by atoms with Crippen LogP contribution in [0, 0.1) is 0 Å². The number of carbonyl (C=O) groups excluding carboxylic acids is 1. The number of anilines is 1. The van der Waals surface area contributed by atoms with E-state index in [1.807, 2.05) is 19.4 Å². The number of ether oxygens (including phenoxy) is 1. The molecule has 0 unspecified atom stereocenters. The number of aromatic nitrogens is 5. The van der Waals surface area contributed by atoms with Gasteiger partial charge in [0.25, 0.3) is 0 Å². The lowest BCUT2D eigenvalue weighted by Crippen LogP contribution is -2.07. The van der Waals surface area contributed by atoms with Gasteiger partial charge in [-0.2, -0.15) is 5.10 Å². The summed E-state index contributed by atoms with van der Waals surface area (Å²) in [5.41, 5.74) is 3.78. The summed E-state index contributed by atoms with van der Waals surface area (Å²) in [6, 6.07) is 7.01. The first kappa shape index (κ1) is 16.5. The number of nitrogens with one attached hydrogen (secondary N) is 2. The van der Waals surface area contributed by atoms with Crippen LogP contribution in [0.5, 0.6) is 11.6 Å². The molecule has 0 spiro atoms. The molecule has 8 nitrogen and oxygen atoms in total. The van der Waals surface area contributed by atoms with Crippen LogP contribution in [0.2, 0.25) is 0 Å². The smallest absolute Gasteiger partial charge is 0.247 e. The Morgan fingerprint density at radius 1 is 1.37 bits per heavy atom. The first-order valence-corrected chi connectivity index (χ1v) is 8.17. The van der Waals surface area contributed by atoms with Crippen molar-refractivity contribution in [3.05, 3.63) is 61.7 Å². The highest BCUT2D eigenvalue weighted by molar-refractivity contribution is 5.99. The molecule has 3 heterocycles. The molecule has 0 saturated carbocycles. The van der Waals surface area contributed by atoms with Crippen LogP contribution in [0.3, 0.4) is 0 Å². The summed E-state index contributed by atoms with van der Waals surface area (Å²) >= 11 is 0. The highest BCUT2D eigenvalue weighted by Crippen LogP contribution is 2.29. The number of fused-ring (bicyclic) bond motifs is 1. The minimum atomic E-state index is -0.290. The molecule has 8 heteroatoms. The topological polar surface area (TPSA) is 97.7 Å². The number of carbonyl (C=O) groups is 1. The van der Waals surface area contributed by atoms with Crippen LogP contribution < -0.4 is 10.1 Å². The van der Waals surface area contributed by atoms with Crippen LogP contribution >= 0.6 is 0 Å². The van der Waals surface area contributed by atoms with E-state index in [1.165, 1.54) is 6.08 Å². The van der Waals surface area contributed by atoms with Gasteiger partial charge in [-0.05, 0) is 18.2 Å². The van der Waals surface area contributed by atoms with E-state index in [-0.39, 0.29) is 5.91 Å². The summed E-state index contributed by atoms with van der Waals surface area (Å²) < 4.78 is 7.55. The van der Waals surface area contributed by atoms with E-state index in [0.717, 1.165) is 11.1 Å². The minimum Gasteiger partial charge on any atom is -0.437 e. The van der Waals surface area contributed by atoms with Crippen LogP contribution in [0.25, 0.3) is 22.3 Å². The molecule has 4 rings (SSSR count). The molecular formula is C19H16N6O2. The van der Waals surface area contributed by atoms with Crippen LogP contribution in [0.4, 0.5) is 5.69 Å². The molecule has 0 saturated heterocycles. The lowest BCUT2D eigenvalue weighted by Gasteiger charge is -2.07. The zero-order valence-electron chi connectivity index (χ0n) is 14.5. The van der Waals surface area contributed by atoms with E-state index >= 15 is 0 Å². The van der Waals surface area contributed by atoms with Crippen molar-refractivity contribution in [2.45, 2.75) is 0 Å². The van der Waals surface area contributed by atoms with Gasteiger partial charge in [-0.3, -0.25) is 9.48 Å². The van der Waals surface area contributed by atoms with Gasteiger partial charge in [0.15, 0.2) is 5.65 Å². The quantitative estimate of drug-likeness (QED) is 0.532. The van der Waals surface area contributed by atoms with E-state index in [0.29, 0.717) is 28.5 Å². The van der Waals surface area contributed by atoms with Gasteiger partial charge >= 0.3 is 0 Å². The molecule has 1 amide bonds. The average Bonchev–Trinajstić information content (AvgIpc) is 3.27. The molecule has 3 aromatic heterocycles. The number of hydrogen-bond donors (Lipinski definition) is 2. The van der Waals surface area contributed by atoms with E-state index in [1.54, 1.807) is 41.3 Å². The van der Waals surface area contributed by atoms with Gasteiger partial charge in [-0.25, -0.2) is 9.97 Å². The van der Waals surface area contributed by atoms with Crippen molar-refractivity contribution in [1.82, 2.24) is 24.7 Å². The standard InChI is InChI=1S/C19H16N6O2/c1-3-16(26)23-13-5-4-6-14(7-13)27-17-10-21-19-18(24-17)15(9-20-19)12-8-22-25(2)11-12/h3-11H,1H2,2H3,(H,20,21)(H,23,26). The number of hydrogen-bond acceptors (Lipinski definition) is 5. The maximum Gasteiger partial charge on any atom is 0.247 e. The van der Waals surface area contributed by atoms with Gasteiger partial charge < -0.3 is 15.0 Å². The van der Waals surface area contributed by atoms with Crippen LogP contribution in [0.15, 0.2) is 61.7 Å². The summed E-state index contributed by atoms with van der Waals surface area (Å²) in [6.07, 6.45) is 8.27. The van der Waals surface area contributed by atoms with Crippen LogP contribution in [0.1, 0.15) is 0 Å². The second-order valence-electron chi connectivity index (χ2n) is 5.83. The monoisotopic (exact) mass is 360 g/mol. The average molecular weight is 360 g/mol. The fourth-order valence-corrected chi connectivity index (χ4v) is 2.66. The largest absolute Gasteiger partial charge is 0.437 e. The molecule has 4 aromatic rings. The van der Waals surface area contributed by atoms with Gasteiger partial charge in [0.1, 0.15) is 11.3 Å². The lowest BCUT2D eigenvalue weighted by atomic mass is 10.2. The normalized spacial score (nSPS) is 10.7. The summed E-state index contributed by atoms with van der Waals surface area (Å²) in [7, 11) is 1.86. The molecule has 134 valence electrons. The zero-order chi connectivity index (χ0) is 18.8. The molecule has 0 aliphatic heterocycles. The molecule has 0 atom stereocenters. The summed E-state index contributed by atoms with van der Waals surface area (Å²) in [4.78, 5) is 23.5. The number of H-pyrrole nitrogens is 1. The predicted octanol–water partition coefficient (Wildman–Crippen LogP) is 3.28. The second-order valence-corrected chi connectivity index (χ2v) is 5.83. The van der Waals surface area contributed by atoms with Gasteiger partial charge in [0, 0.05) is 42.3 Å². The van der Waals surface area contributed by atoms with Gasteiger partial charge in [0.2, 0.25) is 11.8 Å². The first-order valence-electron chi connectivity index (χ1n) is 8.17. The van der Waals surface area contributed by atoms with Crippen molar-refractivity contribution in [2.75, 3.05) is 5.32 Å². The van der Waals surface area contributed by atoms with Gasteiger partial charge in [0.05, 0.1) is 12.4 Å². The number of amides is 1. The molecule has 0 aliphatic carbocycles. The van der Waals surface area contributed by atoms with Crippen molar-refractivity contribution in [3.63, 3.8) is 0 Å². The van der Waals surface area contributed by atoms with Crippen molar-refractivity contribution < 1.29 is 9.53 Å². The predicted molar refractivity (Wildman–Crippen MR) is 101 cm³/mol. The molecule has 0 fully saturated rings. The molecule has 0 radical (unpaired) electrons. The highest BCUT2D eigenvalue weighted by atomic mass is 16.5. The van der Waals surface area contributed by atoms with Crippen LogP contribution in [-0.4, -0.2) is 30.6 Å². The number of rotatable bonds is 5. The van der Waals surface area contributed by atoms with E-state index in [4.69, 9.17) is 4.74 Å². The third kappa shape index (κ3) is 3.40. The summed E-state index contributed by atoms with van der Waals surface area (Å²) in [5.74, 6) is 0.588. The fraction of sp³-hybridized carbons (Fsp3) is 0.0526. The maximum atomic E-state index is 11.4. The van der Waals surface area contributed by atoms with E-state index in [2.05, 4.69) is 31.9 Å². The second kappa shape index (κ2) is 6.75. The molecule has 2 N–H and O–H groups in total. The number of aromatic amines is 1. The number of aryl methyl sites for hydroxylation is 1. The Labute approximate surface area is 154 Å². The van der Waals surface area contributed by atoms with Crippen molar-refractivity contribution in [3.8, 4) is 22.8 Å². The van der Waals surface area contributed by atoms with Crippen LogP contribution in [-0.2, 0) is 11.8 Å². The maximum absolute atomic E-state index is 11.4. The Hall–Kier alpha value is -3.94. The third-order valence-electron chi connectivity index (χ3n) is 3.88. The Bertz CT molecular complexity index is 1140. The van der Waals surface area contributed by atoms with Crippen molar-refractivity contribution in [2.24, 2.45) is 7.05 Å². The number of benzene rings is 1. The van der Waals surface area contributed by atoms with Gasteiger partial charge in [-0.15, -0.1) is 0 Å². The molecule has 27 heavy (non-hydrogen) atoms. The molecule has 0 aliphatic rings. The summed E-state index contributed by atoms with van der Waals surface area (Å²) in [6.45, 7) is 3.44. The lowest BCUT2D eigenvalue weighted by molar-refractivity contribution is -0.111. The number of nitrogens with zero attached hydrogens (tertiary/aromatic N) is 4. The first-order chi connectivity index (χ1) is 13.1. The molecule has 0 bridgehead atoms. The Kier molecular flexibility index (Phi) is 4.13. The van der Waals surface area contributed by atoms with Crippen molar-refractivity contribution in [1.29, 1.82) is 0 Å². The molecular weight excluding hydrogens is 344 g/mol.